The quantitative estimate of drug-likeness (QED) is 0.123. The minimum atomic E-state index is 0.337. The summed E-state index contributed by atoms with van der Waals surface area (Å²) in [4.78, 5) is 0. The maximum absolute atomic E-state index is 9.75. The van der Waals surface area contributed by atoms with Gasteiger partial charge in [-0.15, -0.1) is 0 Å². The number of fused-ring (bicyclic) bond motifs is 4. The van der Waals surface area contributed by atoms with Gasteiger partial charge in [-0.25, -0.2) is 0 Å². The highest BCUT2D eigenvalue weighted by molar-refractivity contribution is 5.92. The Kier molecular flexibility index (Phi) is 16.0. The van der Waals surface area contributed by atoms with E-state index in [1.807, 2.05) is 91.0 Å². The van der Waals surface area contributed by atoms with Gasteiger partial charge in [0, 0.05) is 10.8 Å². The Hall–Kier alpha value is -6.00. The summed E-state index contributed by atoms with van der Waals surface area (Å²) >= 11 is 0. The zero-order valence-corrected chi connectivity index (χ0v) is 36.8. The summed E-state index contributed by atoms with van der Waals surface area (Å²) in [7, 11) is 0. The Labute approximate surface area is 357 Å². The average molecular weight is 801 g/mol. The van der Waals surface area contributed by atoms with Crippen molar-refractivity contribution in [1.82, 2.24) is 0 Å². The molecule has 0 heterocycles. The van der Waals surface area contributed by atoms with Crippen LogP contribution in [0, 0.1) is 0 Å². The average Bonchev–Trinajstić information content (AvgIpc) is 3.28. The Balaban J connectivity index is 0.000000152. The van der Waals surface area contributed by atoms with Crippen molar-refractivity contribution in [3.05, 3.63) is 168 Å². The molecule has 4 unspecified atom stereocenters. The van der Waals surface area contributed by atoms with Crippen LogP contribution in [0.4, 0.5) is 0 Å². The van der Waals surface area contributed by atoms with Crippen molar-refractivity contribution in [1.29, 1.82) is 0 Å². The highest BCUT2D eigenvalue weighted by atomic mass is 16.3. The molecule has 60 heavy (non-hydrogen) atoms. The van der Waals surface area contributed by atoms with Crippen LogP contribution in [-0.2, 0) is 0 Å². The standard InChI is InChI=1S/4C14H16O/c1-3-10(2)11-6-4-8-13-12(11)7-5-9-14(13)15;1-3-10(2)13-6-4-5-11-9-12(15)7-8-14(11)13;1-3-10(2)14-9-12(15)8-11-6-4-5-7-13(11)14;1-3-10(2)11-8-9-14(15)13-7-5-4-6-12(11)13/h4*4-10,15H,3H2,1-2H3. The molecule has 0 fully saturated rings. The second-order valence-electron chi connectivity index (χ2n) is 16.2. The summed E-state index contributed by atoms with van der Waals surface area (Å²) in [5.41, 5.74) is 5.26. The fourth-order valence-corrected chi connectivity index (χ4v) is 7.82. The van der Waals surface area contributed by atoms with Crippen molar-refractivity contribution >= 4 is 43.1 Å². The van der Waals surface area contributed by atoms with Gasteiger partial charge >= 0.3 is 0 Å². The molecule has 4 nitrogen and oxygen atoms in total. The number of hydrogen-bond donors (Lipinski definition) is 4. The third kappa shape index (κ3) is 10.8. The fraction of sp³-hybridized carbons (Fsp3) is 0.286. The Morgan fingerprint density at radius 2 is 0.700 bits per heavy atom. The first kappa shape index (κ1) is 45.1. The Morgan fingerprint density at radius 1 is 0.317 bits per heavy atom. The molecule has 0 saturated heterocycles. The van der Waals surface area contributed by atoms with Gasteiger partial charge in [0.25, 0.3) is 0 Å². The van der Waals surface area contributed by atoms with Gasteiger partial charge in [0.1, 0.15) is 23.0 Å². The molecule has 4 heteroatoms. The minimum absolute atomic E-state index is 0.337. The second kappa shape index (κ2) is 21.3. The van der Waals surface area contributed by atoms with Crippen molar-refractivity contribution in [2.45, 2.75) is 105 Å². The molecule has 8 rings (SSSR count). The van der Waals surface area contributed by atoms with Crippen LogP contribution < -0.4 is 0 Å². The van der Waals surface area contributed by atoms with Gasteiger partial charge in [0.05, 0.1) is 0 Å². The first-order valence-corrected chi connectivity index (χ1v) is 21.8. The molecule has 0 aliphatic carbocycles. The molecule has 0 amide bonds. The number of hydrogen-bond acceptors (Lipinski definition) is 4. The van der Waals surface area contributed by atoms with E-state index in [4.69, 9.17) is 0 Å². The van der Waals surface area contributed by atoms with Crippen LogP contribution in [0.5, 0.6) is 23.0 Å². The van der Waals surface area contributed by atoms with E-state index in [-0.39, 0.29) is 0 Å². The van der Waals surface area contributed by atoms with E-state index in [0.717, 1.165) is 47.2 Å². The molecule has 0 radical (unpaired) electrons. The molecule has 312 valence electrons. The molecule has 0 saturated carbocycles. The normalized spacial score (nSPS) is 12.9. The maximum Gasteiger partial charge on any atom is 0.123 e. The number of benzene rings is 8. The second-order valence-corrected chi connectivity index (χ2v) is 16.2. The largest absolute Gasteiger partial charge is 0.508 e. The van der Waals surface area contributed by atoms with Gasteiger partial charge in [-0.1, -0.05) is 165 Å². The maximum atomic E-state index is 9.75. The Morgan fingerprint density at radius 3 is 1.30 bits per heavy atom. The highest BCUT2D eigenvalue weighted by Crippen LogP contribution is 2.35. The van der Waals surface area contributed by atoms with E-state index in [1.165, 1.54) is 43.8 Å². The van der Waals surface area contributed by atoms with Gasteiger partial charge in [0.2, 0.25) is 0 Å². The summed E-state index contributed by atoms with van der Waals surface area (Å²) in [6.07, 6.45) is 4.47. The SMILES string of the molecule is CCC(C)c1cc(O)cc2ccccc12.CCC(C)c1ccc(O)c2ccccc12.CCC(C)c1cccc2c(O)cccc12.CCC(C)c1cccc2cc(O)ccc12. The van der Waals surface area contributed by atoms with E-state index in [2.05, 4.69) is 91.8 Å². The summed E-state index contributed by atoms with van der Waals surface area (Å²) in [5.74, 6) is 3.58. The molecule has 0 aliphatic heterocycles. The molecular weight excluding hydrogens is 737 g/mol. The van der Waals surface area contributed by atoms with Crippen LogP contribution in [0.1, 0.15) is 127 Å². The molecule has 4 atom stereocenters. The lowest BCUT2D eigenvalue weighted by Gasteiger charge is -2.13. The lowest BCUT2D eigenvalue weighted by molar-refractivity contribution is 0.474. The third-order valence-corrected chi connectivity index (χ3v) is 12.2. The molecule has 0 bridgehead atoms. The van der Waals surface area contributed by atoms with E-state index in [0.29, 0.717) is 46.7 Å². The Bertz CT molecular complexity index is 2560. The van der Waals surface area contributed by atoms with Crippen LogP contribution in [0.15, 0.2) is 146 Å². The summed E-state index contributed by atoms with van der Waals surface area (Å²) in [5, 5.41) is 47.6. The smallest absolute Gasteiger partial charge is 0.123 e. The molecule has 0 aliphatic rings. The monoisotopic (exact) mass is 800 g/mol. The minimum Gasteiger partial charge on any atom is -0.508 e. The highest BCUT2D eigenvalue weighted by Gasteiger charge is 2.12. The zero-order valence-electron chi connectivity index (χ0n) is 36.8. The lowest BCUT2D eigenvalue weighted by Crippen LogP contribution is -1.92. The van der Waals surface area contributed by atoms with Gasteiger partial charge < -0.3 is 20.4 Å². The molecule has 0 aromatic heterocycles. The van der Waals surface area contributed by atoms with Gasteiger partial charge in [-0.05, 0) is 140 Å². The molecule has 4 N–H and O–H groups in total. The van der Waals surface area contributed by atoms with E-state index in [1.54, 1.807) is 18.2 Å². The number of phenolic OH excluding ortho intramolecular Hbond substituents is 4. The predicted octanol–water partition coefficient (Wildman–Crippen LogP) is 16.2. The predicted molar refractivity (Wildman–Crippen MR) is 257 cm³/mol. The van der Waals surface area contributed by atoms with Gasteiger partial charge in [0.15, 0.2) is 0 Å². The van der Waals surface area contributed by atoms with Crippen molar-refractivity contribution in [3.63, 3.8) is 0 Å². The summed E-state index contributed by atoms with van der Waals surface area (Å²) in [6, 6.07) is 47.5. The zero-order chi connectivity index (χ0) is 43.3. The summed E-state index contributed by atoms with van der Waals surface area (Å²) < 4.78 is 0. The van der Waals surface area contributed by atoms with E-state index in [9.17, 15) is 20.4 Å². The van der Waals surface area contributed by atoms with E-state index < -0.39 is 0 Å². The summed E-state index contributed by atoms with van der Waals surface area (Å²) in [6.45, 7) is 17.6. The van der Waals surface area contributed by atoms with Crippen molar-refractivity contribution in [2.24, 2.45) is 0 Å². The van der Waals surface area contributed by atoms with Gasteiger partial charge in [-0.3, -0.25) is 0 Å². The number of rotatable bonds is 8. The first-order valence-electron chi connectivity index (χ1n) is 21.8. The molecule has 0 spiro atoms. The van der Waals surface area contributed by atoms with Crippen LogP contribution >= 0.6 is 0 Å². The van der Waals surface area contributed by atoms with Crippen LogP contribution in [0.2, 0.25) is 0 Å². The first-order chi connectivity index (χ1) is 28.9. The fourth-order valence-electron chi connectivity index (χ4n) is 7.82. The topological polar surface area (TPSA) is 80.9 Å². The van der Waals surface area contributed by atoms with E-state index >= 15 is 0 Å². The number of aromatic hydroxyl groups is 4. The van der Waals surface area contributed by atoms with Gasteiger partial charge in [-0.2, -0.15) is 0 Å². The van der Waals surface area contributed by atoms with Crippen molar-refractivity contribution in [2.75, 3.05) is 0 Å². The molecule has 8 aromatic carbocycles. The number of phenols is 4. The molecule has 8 aromatic rings. The lowest BCUT2D eigenvalue weighted by atomic mass is 9.93. The van der Waals surface area contributed by atoms with Crippen molar-refractivity contribution < 1.29 is 20.4 Å². The van der Waals surface area contributed by atoms with Crippen molar-refractivity contribution in [3.8, 4) is 23.0 Å². The van der Waals surface area contributed by atoms with Crippen LogP contribution in [-0.4, -0.2) is 20.4 Å². The van der Waals surface area contributed by atoms with Crippen LogP contribution in [0.25, 0.3) is 43.1 Å². The third-order valence-electron chi connectivity index (χ3n) is 12.2. The van der Waals surface area contributed by atoms with Crippen LogP contribution in [0.3, 0.4) is 0 Å². The molecular formula is C56H64O4.